The quantitative estimate of drug-likeness (QED) is 0.217. The molecule has 3 aromatic carbocycles. The molecule has 1 saturated carbocycles. The summed E-state index contributed by atoms with van der Waals surface area (Å²) in [7, 11) is 2.02. The van der Waals surface area contributed by atoms with Gasteiger partial charge < -0.3 is 31.1 Å². The maximum atomic E-state index is 13.6. The Labute approximate surface area is 283 Å². The highest BCUT2D eigenvalue weighted by molar-refractivity contribution is 6.05. The van der Waals surface area contributed by atoms with Crippen molar-refractivity contribution in [1.82, 2.24) is 9.80 Å². The third-order valence-corrected chi connectivity index (χ3v) is 9.53. The first-order valence-electron chi connectivity index (χ1n) is 17.1. The molecule has 0 radical (unpaired) electrons. The molecule has 5 N–H and O–H groups in total. The van der Waals surface area contributed by atoms with E-state index in [4.69, 9.17) is 10.5 Å². The largest absolute Gasteiger partial charge is 0.488 e. The molecule has 0 bridgehead atoms. The second kappa shape index (κ2) is 16.1. The van der Waals surface area contributed by atoms with E-state index in [1.165, 1.54) is 6.42 Å². The lowest BCUT2D eigenvalue weighted by atomic mass is 9.88. The van der Waals surface area contributed by atoms with Gasteiger partial charge in [-0.25, -0.2) is 0 Å². The van der Waals surface area contributed by atoms with Crippen LogP contribution in [0.3, 0.4) is 0 Å². The van der Waals surface area contributed by atoms with Gasteiger partial charge in [0.2, 0.25) is 11.8 Å². The van der Waals surface area contributed by atoms with E-state index in [2.05, 4.69) is 22.5 Å². The fraction of sp³-hybridized carbons (Fsp3) is 0.447. The van der Waals surface area contributed by atoms with E-state index in [1.807, 2.05) is 56.4 Å². The topological polar surface area (TPSA) is 137 Å². The van der Waals surface area contributed by atoms with E-state index in [-0.39, 0.29) is 54.7 Å². The number of hydrogen-bond acceptors (Lipinski definition) is 7. The smallest absolute Gasteiger partial charge is 0.255 e. The number of amides is 3. The number of carbonyl (C=O) groups is 3. The number of nitrogen functional groups attached to an aromatic ring is 1. The van der Waals surface area contributed by atoms with Crippen molar-refractivity contribution in [2.24, 2.45) is 11.8 Å². The van der Waals surface area contributed by atoms with Crippen LogP contribution in [0.5, 0.6) is 5.75 Å². The Morgan fingerprint density at radius 3 is 2.48 bits per heavy atom. The highest BCUT2D eigenvalue weighted by Gasteiger charge is 2.31. The first-order chi connectivity index (χ1) is 23.1. The number of nitrogens with one attached hydrogen (secondary N) is 2. The van der Waals surface area contributed by atoms with Crippen molar-refractivity contribution < 1.29 is 24.2 Å². The number of anilines is 3. The minimum atomic E-state index is -0.344. The van der Waals surface area contributed by atoms with Crippen molar-refractivity contribution in [3.8, 4) is 5.75 Å². The van der Waals surface area contributed by atoms with Gasteiger partial charge in [-0.1, -0.05) is 50.5 Å². The molecule has 1 heterocycles. The van der Waals surface area contributed by atoms with Gasteiger partial charge in [0.05, 0.1) is 30.4 Å². The van der Waals surface area contributed by atoms with Gasteiger partial charge in [-0.3, -0.25) is 19.3 Å². The molecule has 0 spiro atoms. The van der Waals surface area contributed by atoms with Crippen LogP contribution in [-0.4, -0.2) is 71.5 Å². The number of fused-ring (bicyclic) bond motifs is 1. The molecular weight excluding hydrogens is 606 g/mol. The van der Waals surface area contributed by atoms with Crippen LogP contribution in [0.25, 0.3) is 0 Å². The number of para-hydroxylation sites is 2. The molecule has 0 aromatic heterocycles. The Morgan fingerprint density at radius 1 is 1.04 bits per heavy atom. The summed E-state index contributed by atoms with van der Waals surface area (Å²) < 4.78 is 6.68. The zero-order valence-corrected chi connectivity index (χ0v) is 28.3. The maximum absolute atomic E-state index is 13.6. The van der Waals surface area contributed by atoms with Crippen molar-refractivity contribution >= 4 is 34.8 Å². The number of hydrogen-bond donors (Lipinski definition) is 4. The summed E-state index contributed by atoms with van der Waals surface area (Å²) in [5, 5.41) is 15.9. The molecule has 10 heteroatoms. The molecule has 10 nitrogen and oxygen atoms in total. The lowest BCUT2D eigenvalue weighted by molar-refractivity contribution is -0.134. The van der Waals surface area contributed by atoms with Gasteiger partial charge in [0.15, 0.2) is 0 Å². The van der Waals surface area contributed by atoms with Gasteiger partial charge in [0.1, 0.15) is 11.9 Å². The molecule has 256 valence electrons. The summed E-state index contributed by atoms with van der Waals surface area (Å²) in [6, 6.07) is 19.9. The van der Waals surface area contributed by atoms with Crippen LogP contribution in [0, 0.1) is 11.8 Å². The fourth-order valence-corrected chi connectivity index (χ4v) is 6.58. The second-order valence-corrected chi connectivity index (χ2v) is 13.5. The number of nitrogens with two attached hydrogens (primary N) is 1. The maximum Gasteiger partial charge on any atom is 0.255 e. The third-order valence-electron chi connectivity index (χ3n) is 9.53. The summed E-state index contributed by atoms with van der Waals surface area (Å²) in [6.07, 6.45) is 4.98. The van der Waals surface area contributed by atoms with Crippen molar-refractivity contribution in [2.75, 3.05) is 43.1 Å². The Kier molecular flexibility index (Phi) is 11.7. The summed E-state index contributed by atoms with van der Waals surface area (Å²) in [6.45, 7) is 5.42. The minimum absolute atomic E-state index is 0.0190. The third kappa shape index (κ3) is 8.93. The Bertz CT molecular complexity index is 1570. The molecule has 48 heavy (non-hydrogen) atoms. The second-order valence-electron chi connectivity index (χ2n) is 13.5. The number of benzene rings is 3. The molecule has 1 fully saturated rings. The Morgan fingerprint density at radius 2 is 1.77 bits per heavy atom. The van der Waals surface area contributed by atoms with E-state index in [9.17, 15) is 19.5 Å². The first-order valence-corrected chi connectivity index (χ1v) is 17.1. The van der Waals surface area contributed by atoms with E-state index in [0.29, 0.717) is 53.6 Å². The lowest BCUT2D eigenvalue weighted by Gasteiger charge is -2.34. The Balaban J connectivity index is 1.29. The van der Waals surface area contributed by atoms with Crippen molar-refractivity contribution in [2.45, 2.75) is 71.1 Å². The Hall–Kier alpha value is -4.41. The van der Waals surface area contributed by atoms with Crippen LogP contribution in [0.2, 0.25) is 0 Å². The van der Waals surface area contributed by atoms with Crippen LogP contribution in [-0.2, 0) is 22.6 Å². The number of ether oxygens (including phenoxy) is 1. The predicted octanol–water partition coefficient (Wildman–Crippen LogP) is 5.32. The molecule has 3 atom stereocenters. The van der Waals surface area contributed by atoms with Crippen LogP contribution in [0.1, 0.15) is 67.4 Å². The van der Waals surface area contributed by atoms with Crippen LogP contribution < -0.4 is 21.1 Å². The van der Waals surface area contributed by atoms with Crippen LogP contribution in [0.4, 0.5) is 17.1 Å². The molecule has 1 aliphatic carbocycles. The highest BCUT2D eigenvalue weighted by Crippen LogP contribution is 2.31. The summed E-state index contributed by atoms with van der Waals surface area (Å²) >= 11 is 0. The van der Waals surface area contributed by atoms with Crippen LogP contribution >= 0.6 is 0 Å². The molecule has 0 saturated heterocycles. The normalized spacial score (nSPS) is 19.4. The lowest BCUT2D eigenvalue weighted by Crippen LogP contribution is -2.47. The zero-order chi connectivity index (χ0) is 34.2. The number of likely N-dealkylation sites (N-methyl/N-ethyl adjacent to an activating group) is 1. The van der Waals surface area contributed by atoms with E-state index >= 15 is 0 Å². The fourth-order valence-electron chi connectivity index (χ4n) is 6.58. The number of aliphatic hydroxyl groups excluding tert-OH is 1. The predicted molar refractivity (Wildman–Crippen MR) is 189 cm³/mol. The average Bonchev–Trinajstić information content (AvgIpc) is 3.13. The molecule has 0 unspecified atom stereocenters. The van der Waals surface area contributed by atoms with Crippen molar-refractivity contribution in [3.63, 3.8) is 0 Å². The van der Waals surface area contributed by atoms with Crippen molar-refractivity contribution in [1.29, 1.82) is 0 Å². The SMILES string of the molecule is C[C@@H]1CN([C@H](C)CO)C(=O)Cc2cc(NC(=O)C3CCCCC3)ccc2O[C@@H]1CN(C)Cc1ccc(C(=O)Nc2ccccc2N)cc1. The highest BCUT2D eigenvalue weighted by atomic mass is 16.5. The molecular formula is C38H49N5O5. The van der Waals surface area contributed by atoms with Gasteiger partial charge in [-0.05, 0) is 74.8 Å². The number of carbonyl (C=O) groups excluding carboxylic acids is 3. The average molecular weight is 656 g/mol. The molecule has 3 amide bonds. The molecule has 5 rings (SSSR count). The summed E-state index contributed by atoms with van der Waals surface area (Å²) in [4.78, 5) is 43.3. The van der Waals surface area contributed by atoms with Gasteiger partial charge in [0.25, 0.3) is 5.91 Å². The zero-order valence-electron chi connectivity index (χ0n) is 28.3. The standard InChI is InChI=1S/C38H49N5O5/c1-25-21-43(26(2)24-44)36(45)20-30-19-31(40-37(46)28-9-5-4-6-10-28)17-18-34(30)48-35(25)23-42(3)22-27-13-15-29(16-14-27)38(47)41-33-12-8-7-11-32(33)39/h7-8,11-19,25-26,28,35,44H,4-6,9-10,20-24,39H2,1-3H3,(H,40,46)(H,41,47)/t25-,26-,35-/m1/s1. The molecule has 2 aliphatic rings. The molecule has 1 aliphatic heterocycles. The van der Waals surface area contributed by atoms with Gasteiger partial charge >= 0.3 is 0 Å². The molecule has 3 aromatic rings. The summed E-state index contributed by atoms with van der Waals surface area (Å²) in [5.74, 6) is 0.314. The van der Waals surface area contributed by atoms with Gasteiger partial charge in [-0.15, -0.1) is 0 Å². The van der Waals surface area contributed by atoms with Crippen molar-refractivity contribution in [3.05, 3.63) is 83.4 Å². The summed E-state index contributed by atoms with van der Waals surface area (Å²) in [5.41, 5.74) is 10.0. The number of nitrogens with zero attached hydrogens (tertiary/aromatic N) is 2. The van der Waals surface area contributed by atoms with E-state index in [0.717, 1.165) is 31.2 Å². The minimum Gasteiger partial charge on any atom is -0.488 e. The monoisotopic (exact) mass is 655 g/mol. The first kappa shape index (κ1) is 34.9. The van der Waals surface area contributed by atoms with Crippen LogP contribution in [0.15, 0.2) is 66.7 Å². The number of rotatable bonds is 10. The van der Waals surface area contributed by atoms with Gasteiger partial charge in [0, 0.05) is 48.3 Å². The van der Waals surface area contributed by atoms with E-state index in [1.54, 1.807) is 29.2 Å². The van der Waals surface area contributed by atoms with E-state index < -0.39 is 0 Å². The number of aliphatic hydroxyl groups is 1. The van der Waals surface area contributed by atoms with Gasteiger partial charge in [-0.2, -0.15) is 0 Å².